The summed E-state index contributed by atoms with van der Waals surface area (Å²) in [5.41, 5.74) is 0.380. The molecule has 0 atom stereocenters. The summed E-state index contributed by atoms with van der Waals surface area (Å²) in [4.78, 5) is 12.0. The fraction of sp³-hybridized carbons (Fsp3) is 0.0909. The van der Waals surface area contributed by atoms with Crippen molar-refractivity contribution < 1.29 is 13.2 Å². The third kappa shape index (κ3) is 2.15. The zero-order valence-corrected chi connectivity index (χ0v) is 10.1. The van der Waals surface area contributed by atoms with Crippen LogP contribution in [0.5, 0.6) is 0 Å². The minimum absolute atomic E-state index is 0.149. The van der Waals surface area contributed by atoms with Gasteiger partial charge in [-0.1, -0.05) is 23.5 Å². The third-order valence-electron chi connectivity index (χ3n) is 2.05. The van der Waals surface area contributed by atoms with E-state index < -0.39 is 5.82 Å². The molecule has 0 aliphatic carbocycles. The Morgan fingerprint density at radius 1 is 1.50 bits per heavy atom. The van der Waals surface area contributed by atoms with Gasteiger partial charge < -0.3 is 0 Å². The second-order valence-electron chi connectivity index (χ2n) is 3.06. The second kappa shape index (κ2) is 4.76. The van der Waals surface area contributed by atoms with Crippen molar-refractivity contribution in [1.82, 2.24) is 0 Å². The number of halogens is 1. The van der Waals surface area contributed by atoms with Gasteiger partial charge in [0, 0.05) is 11.8 Å². The number of benzene rings is 1. The average Bonchev–Trinajstić information content (AvgIpc) is 2.76. The van der Waals surface area contributed by atoms with E-state index in [2.05, 4.69) is 0 Å². The number of ketones is 1. The van der Waals surface area contributed by atoms with E-state index in [0.29, 0.717) is 10.6 Å². The number of thiazole rings is 1. The monoisotopic (exact) mass is 254 g/mol. The molecule has 0 radical (unpaired) electrons. The quantitative estimate of drug-likeness (QED) is 0.620. The van der Waals surface area contributed by atoms with Crippen molar-refractivity contribution in [3.05, 3.63) is 52.2 Å². The van der Waals surface area contributed by atoms with Gasteiger partial charge in [-0.15, -0.1) is 3.97 Å². The SMILES string of the molecule is CS[n+]1ccsc1C(=O)c1cccc(F)c1. The molecule has 82 valence electrons. The number of nitrogens with zero attached hydrogens (tertiary/aromatic N) is 1. The third-order valence-corrected chi connectivity index (χ3v) is 3.73. The number of hydrogen-bond donors (Lipinski definition) is 0. The Hall–Kier alpha value is -1.20. The molecule has 1 aromatic carbocycles. The van der Waals surface area contributed by atoms with E-state index in [9.17, 15) is 9.18 Å². The molecule has 2 nitrogen and oxygen atoms in total. The lowest BCUT2D eigenvalue weighted by Gasteiger charge is -1.95. The topological polar surface area (TPSA) is 20.9 Å². The molecule has 0 fully saturated rings. The van der Waals surface area contributed by atoms with E-state index in [1.165, 1.54) is 35.4 Å². The van der Waals surface area contributed by atoms with E-state index in [1.54, 1.807) is 16.1 Å². The highest BCUT2D eigenvalue weighted by atomic mass is 32.2. The van der Waals surface area contributed by atoms with E-state index in [-0.39, 0.29) is 5.78 Å². The highest BCUT2D eigenvalue weighted by Gasteiger charge is 2.23. The normalized spacial score (nSPS) is 10.4. The van der Waals surface area contributed by atoms with Crippen LogP contribution < -0.4 is 3.97 Å². The minimum Gasteiger partial charge on any atom is -0.281 e. The first-order chi connectivity index (χ1) is 7.72. The average molecular weight is 254 g/mol. The number of carbonyl (C=O) groups excluding carboxylic acids is 1. The molecule has 0 bridgehead atoms. The zero-order chi connectivity index (χ0) is 11.5. The molecule has 0 spiro atoms. The molecule has 0 saturated carbocycles. The van der Waals surface area contributed by atoms with Crippen molar-refractivity contribution >= 4 is 29.1 Å². The fourth-order valence-electron chi connectivity index (χ4n) is 1.32. The molecular weight excluding hydrogens is 245 g/mol. The first-order valence-corrected chi connectivity index (χ1v) is 6.62. The van der Waals surface area contributed by atoms with Gasteiger partial charge in [-0.05, 0) is 12.1 Å². The van der Waals surface area contributed by atoms with E-state index in [0.717, 1.165) is 0 Å². The first kappa shape index (κ1) is 11.3. The second-order valence-corrected chi connectivity index (χ2v) is 4.71. The van der Waals surface area contributed by atoms with Crippen molar-refractivity contribution in [3.63, 3.8) is 0 Å². The molecule has 16 heavy (non-hydrogen) atoms. The molecule has 0 aliphatic heterocycles. The van der Waals surface area contributed by atoms with Crippen molar-refractivity contribution in [3.8, 4) is 0 Å². The molecule has 0 N–H and O–H groups in total. The summed E-state index contributed by atoms with van der Waals surface area (Å²) in [6.07, 6.45) is 3.71. The Morgan fingerprint density at radius 2 is 2.31 bits per heavy atom. The number of rotatable bonds is 3. The lowest BCUT2D eigenvalue weighted by molar-refractivity contribution is -0.489. The Labute approximate surface area is 101 Å². The van der Waals surface area contributed by atoms with Crippen molar-refractivity contribution in [2.75, 3.05) is 6.26 Å². The van der Waals surface area contributed by atoms with E-state index in [4.69, 9.17) is 0 Å². The van der Waals surface area contributed by atoms with Crippen molar-refractivity contribution in [2.45, 2.75) is 0 Å². The van der Waals surface area contributed by atoms with Crippen LogP contribution in [-0.4, -0.2) is 12.0 Å². The molecule has 1 heterocycles. The highest BCUT2D eigenvalue weighted by Crippen LogP contribution is 2.13. The Kier molecular flexibility index (Phi) is 3.36. The van der Waals surface area contributed by atoms with Crippen molar-refractivity contribution in [1.29, 1.82) is 0 Å². The summed E-state index contributed by atoms with van der Waals surface area (Å²) in [7, 11) is 0. The summed E-state index contributed by atoms with van der Waals surface area (Å²) in [6, 6.07) is 5.75. The fourth-order valence-corrected chi connectivity index (χ4v) is 2.88. The minimum atomic E-state index is -0.391. The summed E-state index contributed by atoms with van der Waals surface area (Å²) in [6.45, 7) is 0. The van der Waals surface area contributed by atoms with Gasteiger partial charge in [0.15, 0.2) is 18.1 Å². The standard InChI is InChI=1S/C11H9FNOS2/c1-15-13-5-6-16-11(13)10(14)8-3-2-4-9(12)7-8/h2-7H,1H3/q+1. The van der Waals surface area contributed by atoms with Gasteiger partial charge in [0.1, 0.15) is 5.82 Å². The van der Waals surface area contributed by atoms with Crippen LogP contribution in [0.15, 0.2) is 35.8 Å². The first-order valence-electron chi connectivity index (χ1n) is 4.56. The Bertz CT molecular complexity index is 524. The number of aromatic nitrogens is 1. The van der Waals surface area contributed by atoms with Gasteiger partial charge in [0.25, 0.3) is 5.78 Å². The predicted octanol–water partition coefficient (Wildman–Crippen LogP) is 2.53. The van der Waals surface area contributed by atoms with Crippen LogP contribution in [0.4, 0.5) is 4.39 Å². The molecule has 5 heteroatoms. The molecule has 0 amide bonds. The molecular formula is C11H9FNOS2+. The van der Waals surface area contributed by atoms with Crippen LogP contribution in [0.1, 0.15) is 15.4 Å². The van der Waals surface area contributed by atoms with Crippen LogP contribution in [0.2, 0.25) is 0 Å². The van der Waals surface area contributed by atoms with Crippen LogP contribution in [0, 0.1) is 5.82 Å². The maximum atomic E-state index is 13.0. The zero-order valence-electron chi connectivity index (χ0n) is 8.51. The molecule has 0 unspecified atom stereocenters. The molecule has 0 aliphatic rings. The number of hydrogen-bond acceptors (Lipinski definition) is 3. The lowest BCUT2D eigenvalue weighted by Crippen LogP contribution is -2.29. The van der Waals surface area contributed by atoms with Gasteiger partial charge in [-0.2, -0.15) is 0 Å². The molecule has 0 saturated heterocycles. The Balaban J connectivity index is 2.39. The summed E-state index contributed by atoms with van der Waals surface area (Å²) >= 11 is 2.79. The maximum absolute atomic E-state index is 13.0. The predicted molar refractivity (Wildman–Crippen MR) is 63.3 cm³/mol. The van der Waals surface area contributed by atoms with E-state index >= 15 is 0 Å². The van der Waals surface area contributed by atoms with E-state index in [1.807, 2.05) is 17.8 Å². The van der Waals surface area contributed by atoms with Gasteiger partial charge >= 0.3 is 5.01 Å². The van der Waals surface area contributed by atoms with Gasteiger partial charge in [-0.25, -0.2) is 4.39 Å². The van der Waals surface area contributed by atoms with Crippen LogP contribution in [-0.2, 0) is 0 Å². The van der Waals surface area contributed by atoms with Gasteiger partial charge in [0.2, 0.25) is 0 Å². The lowest BCUT2D eigenvalue weighted by atomic mass is 10.1. The summed E-state index contributed by atoms with van der Waals surface area (Å²) in [5, 5.41) is 2.43. The molecule has 2 aromatic rings. The van der Waals surface area contributed by atoms with Gasteiger partial charge in [-0.3, -0.25) is 4.79 Å². The Morgan fingerprint density at radius 3 is 3.00 bits per heavy atom. The van der Waals surface area contributed by atoms with Gasteiger partial charge in [0.05, 0.1) is 5.38 Å². The smallest absolute Gasteiger partial charge is 0.281 e. The summed E-state index contributed by atoms with van der Waals surface area (Å²) in [5.74, 6) is -0.540. The van der Waals surface area contributed by atoms with Crippen LogP contribution >= 0.6 is 23.3 Å². The van der Waals surface area contributed by atoms with Crippen LogP contribution in [0.3, 0.4) is 0 Å². The van der Waals surface area contributed by atoms with Crippen molar-refractivity contribution in [2.24, 2.45) is 0 Å². The number of carbonyl (C=O) groups is 1. The molecule has 1 aromatic heterocycles. The maximum Gasteiger partial charge on any atom is 0.323 e. The molecule has 2 rings (SSSR count). The largest absolute Gasteiger partial charge is 0.323 e. The summed E-state index contributed by atoms with van der Waals surface area (Å²) < 4.78 is 14.8. The highest BCUT2D eigenvalue weighted by molar-refractivity contribution is 7.92. The van der Waals surface area contributed by atoms with Crippen LogP contribution in [0.25, 0.3) is 0 Å².